The third-order valence-corrected chi connectivity index (χ3v) is 6.24. The average molecular weight is 450 g/mol. The number of rotatable bonds is 6. The highest BCUT2D eigenvalue weighted by molar-refractivity contribution is 7.14. The number of aromatic nitrogens is 2. The summed E-state index contributed by atoms with van der Waals surface area (Å²) in [6.07, 6.45) is 3.04. The largest absolute Gasteiger partial charge is 0.497 e. The van der Waals surface area contributed by atoms with Gasteiger partial charge in [-0.2, -0.15) is 5.26 Å². The van der Waals surface area contributed by atoms with Crippen molar-refractivity contribution in [3.05, 3.63) is 47.5 Å². The highest BCUT2D eigenvalue weighted by Crippen LogP contribution is 2.35. The van der Waals surface area contributed by atoms with E-state index in [0.29, 0.717) is 22.2 Å². The van der Waals surface area contributed by atoms with Gasteiger partial charge in [-0.05, 0) is 43.2 Å². The number of pyridine rings is 1. The van der Waals surface area contributed by atoms with Crippen LogP contribution in [-0.2, 0) is 4.79 Å². The van der Waals surface area contributed by atoms with Crippen LogP contribution < -0.4 is 19.7 Å². The number of thiazole rings is 1. The summed E-state index contributed by atoms with van der Waals surface area (Å²) in [6.45, 7) is 1.47. The van der Waals surface area contributed by atoms with Crippen molar-refractivity contribution in [1.82, 2.24) is 9.97 Å². The number of carbonyl (C=O) groups excluding carboxylic acids is 1. The van der Waals surface area contributed by atoms with E-state index in [2.05, 4.69) is 26.3 Å². The minimum Gasteiger partial charge on any atom is -0.497 e. The number of anilines is 2. The zero-order valence-electron chi connectivity index (χ0n) is 17.9. The molecule has 4 rings (SSSR count). The average Bonchev–Trinajstić information content (AvgIpc) is 3.32. The highest BCUT2D eigenvalue weighted by atomic mass is 32.1. The van der Waals surface area contributed by atoms with Gasteiger partial charge in [0.1, 0.15) is 23.4 Å². The number of carbonyl (C=O) groups is 1. The van der Waals surface area contributed by atoms with Crippen LogP contribution >= 0.6 is 11.3 Å². The minimum absolute atomic E-state index is 0.0176. The molecule has 32 heavy (non-hydrogen) atoms. The minimum atomic E-state index is -0.0802. The zero-order chi connectivity index (χ0) is 22.5. The molecule has 0 atom stereocenters. The number of nitrogens with one attached hydrogen (secondary N) is 1. The van der Waals surface area contributed by atoms with Crippen molar-refractivity contribution in [2.75, 3.05) is 37.5 Å². The maximum atomic E-state index is 12.8. The normalized spacial score (nSPS) is 14.0. The van der Waals surface area contributed by atoms with Crippen LogP contribution in [0.5, 0.6) is 11.5 Å². The summed E-state index contributed by atoms with van der Waals surface area (Å²) in [5, 5.41) is 14.3. The summed E-state index contributed by atoms with van der Waals surface area (Å²) < 4.78 is 10.7. The Hall–Kier alpha value is -3.64. The first kappa shape index (κ1) is 21.6. The molecule has 1 N–H and O–H groups in total. The fraction of sp³-hybridized carbons (Fsp3) is 0.304. The molecule has 0 aliphatic carbocycles. The number of hydrogen-bond donors (Lipinski definition) is 1. The first-order valence-corrected chi connectivity index (χ1v) is 11.1. The van der Waals surface area contributed by atoms with Crippen LogP contribution in [0.1, 0.15) is 18.4 Å². The topological polar surface area (TPSA) is 100 Å². The Balaban J connectivity index is 1.37. The second-order valence-electron chi connectivity index (χ2n) is 7.37. The quantitative estimate of drug-likeness (QED) is 0.608. The van der Waals surface area contributed by atoms with E-state index in [-0.39, 0.29) is 11.8 Å². The van der Waals surface area contributed by atoms with E-state index in [1.165, 1.54) is 11.3 Å². The number of ether oxygens (including phenoxy) is 2. The lowest BCUT2D eigenvalue weighted by atomic mass is 9.96. The first-order valence-electron chi connectivity index (χ1n) is 10.2. The number of hydrogen-bond acceptors (Lipinski definition) is 8. The third kappa shape index (κ3) is 4.65. The second-order valence-corrected chi connectivity index (χ2v) is 8.23. The van der Waals surface area contributed by atoms with E-state index in [1.807, 2.05) is 29.6 Å². The first-order chi connectivity index (χ1) is 15.6. The van der Waals surface area contributed by atoms with Crippen molar-refractivity contribution in [2.24, 2.45) is 5.92 Å². The summed E-state index contributed by atoms with van der Waals surface area (Å²) in [7, 11) is 3.22. The molecule has 1 saturated heterocycles. The lowest BCUT2D eigenvalue weighted by Crippen LogP contribution is -2.38. The molecule has 0 saturated carbocycles. The molecule has 1 fully saturated rings. The van der Waals surface area contributed by atoms with Crippen molar-refractivity contribution in [1.29, 1.82) is 5.26 Å². The molecule has 0 unspecified atom stereocenters. The molecule has 3 aromatic rings. The second kappa shape index (κ2) is 9.66. The summed E-state index contributed by atoms with van der Waals surface area (Å²) in [6, 6.07) is 11.2. The summed E-state index contributed by atoms with van der Waals surface area (Å²) >= 11 is 1.38. The van der Waals surface area contributed by atoms with Gasteiger partial charge in [-0.1, -0.05) is 0 Å². The summed E-state index contributed by atoms with van der Waals surface area (Å²) in [5.74, 6) is 2.14. The maximum absolute atomic E-state index is 12.8. The van der Waals surface area contributed by atoms with Gasteiger partial charge in [-0.3, -0.25) is 4.79 Å². The van der Waals surface area contributed by atoms with Gasteiger partial charge in [-0.15, -0.1) is 11.3 Å². The van der Waals surface area contributed by atoms with Gasteiger partial charge >= 0.3 is 0 Å². The van der Waals surface area contributed by atoms with Crippen LogP contribution in [0.4, 0.5) is 10.9 Å². The lowest BCUT2D eigenvalue weighted by Gasteiger charge is -2.31. The van der Waals surface area contributed by atoms with Gasteiger partial charge in [0, 0.05) is 36.1 Å². The van der Waals surface area contributed by atoms with Crippen LogP contribution in [0, 0.1) is 17.2 Å². The van der Waals surface area contributed by atoms with E-state index in [0.717, 1.165) is 43.0 Å². The molecule has 1 aromatic carbocycles. The molecule has 3 heterocycles. The molecular formula is C23H23N5O3S. The van der Waals surface area contributed by atoms with Crippen molar-refractivity contribution in [3.8, 4) is 28.8 Å². The van der Waals surface area contributed by atoms with E-state index in [1.54, 1.807) is 26.5 Å². The molecule has 0 bridgehead atoms. The Labute approximate surface area is 190 Å². The fourth-order valence-corrected chi connectivity index (χ4v) is 4.40. The smallest absolute Gasteiger partial charge is 0.229 e. The van der Waals surface area contributed by atoms with Crippen LogP contribution in [-0.4, -0.2) is 43.2 Å². The van der Waals surface area contributed by atoms with Gasteiger partial charge in [0.25, 0.3) is 0 Å². The Kier molecular flexibility index (Phi) is 6.52. The molecule has 164 valence electrons. The van der Waals surface area contributed by atoms with Gasteiger partial charge < -0.3 is 19.7 Å². The number of nitrogens with zero attached hydrogens (tertiary/aromatic N) is 4. The number of amides is 1. The number of methoxy groups -OCH3 is 2. The third-order valence-electron chi connectivity index (χ3n) is 5.48. The van der Waals surface area contributed by atoms with Crippen LogP contribution in [0.15, 0.2) is 41.9 Å². The Morgan fingerprint density at radius 2 is 2.03 bits per heavy atom. The van der Waals surface area contributed by atoms with E-state index in [4.69, 9.17) is 14.7 Å². The highest BCUT2D eigenvalue weighted by Gasteiger charge is 2.26. The Bertz CT molecular complexity index is 1130. The molecule has 9 heteroatoms. The van der Waals surface area contributed by atoms with E-state index < -0.39 is 0 Å². The van der Waals surface area contributed by atoms with Gasteiger partial charge in [0.05, 0.1) is 25.5 Å². The van der Waals surface area contributed by atoms with Crippen LogP contribution in [0.2, 0.25) is 0 Å². The predicted molar refractivity (Wildman–Crippen MR) is 123 cm³/mol. The lowest BCUT2D eigenvalue weighted by molar-refractivity contribution is -0.120. The van der Waals surface area contributed by atoms with Crippen molar-refractivity contribution in [2.45, 2.75) is 12.8 Å². The molecule has 0 radical (unpaired) electrons. The molecule has 1 aliphatic heterocycles. The zero-order valence-corrected chi connectivity index (χ0v) is 18.7. The summed E-state index contributed by atoms with van der Waals surface area (Å²) in [4.78, 5) is 23.9. The number of piperidine rings is 1. The molecule has 1 aliphatic rings. The van der Waals surface area contributed by atoms with Crippen molar-refractivity contribution >= 4 is 28.2 Å². The molecular weight excluding hydrogens is 426 g/mol. The van der Waals surface area contributed by atoms with Crippen LogP contribution in [0.3, 0.4) is 0 Å². The monoisotopic (exact) mass is 449 g/mol. The fourth-order valence-electron chi connectivity index (χ4n) is 3.69. The van der Waals surface area contributed by atoms with E-state index in [9.17, 15) is 4.79 Å². The van der Waals surface area contributed by atoms with Gasteiger partial charge in [0.15, 0.2) is 5.13 Å². The maximum Gasteiger partial charge on any atom is 0.229 e. The van der Waals surface area contributed by atoms with Crippen molar-refractivity contribution in [3.63, 3.8) is 0 Å². The molecule has 0 spiro atoms. The predicted octanol–water partition coefficient (Wildman–Crippen LogP) is 3.95. The van der Waals surface area contributed by atoms with Gasteiger partial charge in [0.2, 0.25) is 5.91 Å². The van der Waals surface area contributed by atoms with E-state index >= 15 is 0 Å². The Morgan fingerprint density at radius 1 is 1.22 bits per heavy atom. The summed E-state index contributed by atoms with van der Waals surface area (Å²) in [5.41, 5.74) is 2.08. The Morgan fingerprint density at radius 3 is 2.69 bits per heavy atom. The SMILES string of the molecule is COc1ccc(OC)c(-c2csc(NC(=O)C3CCN(c4ccc(C#N)cn4)CC3)n2)c1. The van der Waals surface area contributed by atoms with Gasteiger partial charge in [-0.25, -0.2) is 9.97 Å². The molecule has 8 nitrogen and oxygen atoms in total. The molecule has 1 amide bonds. The van der Waals surface area contributed by atoms with Crippen molar-refractivity contribution < 1.29 is 14.3 Å². The molecule has 2 aromatic heterocycles. The standard InChI is InChI=1S/C23H23N5O3S/c1-30-17-4-5-20(31-2)18(11-17)19-14-32-23(26-19)27-22(29)16-7-9-28(10-8-16)21-6-3-15(12-24)13-25-21/h3-6,11,13-14,16H,7-10H2,1-2H3,(H,26,27,29). The number of benzene rings is 1. The number of nitriles is 1. The van der Waals surface area contributed by atoms with Crippen LogP contribution in [0.25, 0.3) is 11.3 Å².